The minimum atomic E-state index is -3.25. The Morgan fingerprint density at radius 3 is 1.33 bits per heavy atom. The van der Waals surface area contributed by atoms with Gasteiger partial charge in [0.1, 0.15) is 23.0 Å². The van der Waals surface area contributed by atoms with Gasteiger partial charge < -0.3 is 28.1 Å². The van der Waals surface area contributed by atoms with E-state index in [1.807, 2.05) is 114 Å². The van der Waals surface area contributed by atoms with Crippen LogP contribution in [-0.4, -0.2) is 30.3 Å². The van der Waals surface area contributed by atoms with Gasteiger partial charge in [-0.1, -0.05) is 35.4 Å². The highest BCUT2D eigenvalue weighted by atomic mass is 31.2. The van der Waals surface area contributed by atoms with Gasteiger partial charge in [-0.05, 0) is 101 Å². The normalized spacial score (nSPS) is 26.4. The van der Waals surface area contributed by atoms with E-state index in [0.717, 1.165) is 22.3 Å². The van der Waals surface area contributed by atoms with Crippen LogP contribution in [0.15, 0.2) is 72.8 Å². The first-order valence-electron chi connectivity index (χ1n) is 14.7. The largest absolute Gasteiger partial charge is 0.456 e. The average molecular weight is 615 g/mol. The molecule has 1 fully saturated rings. The zero-order valence-electron chi connectivity index (χ0n) is 25.3. The number of ether oxygens (including phenoxy) is 4. The molecule has 7 rings (SSSR count). The second-order valence-electron chi connectivity index (χ2n) is 12.6. The average Bonchev–Trinajstić information content (AvgIpc) is 3.21. The summed E-state index contributed by atoms with van der Waals surface area (Å²) >= 11 is 0. The minimum absolute atomic E-state index is 0.203. The Morgan fingerprint density at radius 1 is 0.535 bits per heavy atom. The van der Waals surface area contributed by atoms with Crippen LogP contribution in [0.5, 0.6) is 23.0 Å². The van der Waals surface area contributed by atoms with Crippen molar-refractivity contribution in [2.45, 2.75) is 59.5 Å². The number of fused-ring (bicyclic) bond motifs is 4. The van der Waals surface area contributed by atoms with E-state index in [4.69, 9.17) is 18.9 Å². The summed E-state index contributed by atoms with van der Waals surface area (Å²) in [4.78, 5) is 0. The molecule has 0 aliphatic carbocycles. The summed E-state index contributed by atoms with van der Waals surface area (Å²) in [5.74, 6) is 1.49. The van der Waals surface area contributed by atoms with Crippen molar-refractivity contribution in [3.63, 3.8) is 0 Å². The molecule has 1 saturated heterocycles. The zero-order valence-corrected chi connectivity index (χ0v) is 27.1. The SMILES string of the molecule is Cc1ccc2c(c1)Oc1ccc(C)cc1P2(=O)C[C@@H]1OC(C)(C)O[C@H]1CP1(=O)c2ccc(C)cc2Oc2ccc(C)cc21. The molecule has 0 spiro atoms. The fraction of sp³-hybridized carbons (Fsp3) is 0.314. The minimum Gasteiger partial charge on any atom is -0.456 e. The zero-order chi connectivity index (χ0) is 30.3. The van der Waals surface area contributed by atoms with Crippen LogP contribution in [0, 0.1) is 27.7 Å². The first kappa shape index (κ1) is 28.6. The molecule has 0 radical (unpaired) electrons. The van der Waals surface area contributed by atoms with E-state index in [-0.39, 0.29) is 12.3 Å². The lowest BCUT2D eigenvalue weighted by Gasteiger charge is -2.33. The van der Waals surface area contributed by atoms with E-state index in [1.165, 1.54) is 0 Å². The van der Waals surface area contributed by atoms with Crippen LogP contribution in [0.2, 0.25) is 0 Å². The maximum atomic E-state index is 15.4. The lowest BCUT2D eigenvalue weighted by atomic mass is 10.2. The Kier molecular flexibility index (Phi) is 6.62. The Bertz CT molecular complexity index is 1760. The van der Waals surface area contributed by atoms with E-state index >= 15 is 9.13 Å². The first-order valence-corrected chi connectivity index (χ1v) is 18.5. The predicted molar refractivity (Wildman–Crippen MR) is 172 cm³/mol. The third-order valence-electron chi connectivity index (χ3n) is 8.62. The molecule has 0 saturated carbocycles. The number of hydrogen-bond donors (Lipinski definition) is 0. The van der Waals surface area contributed by atoms with Crippen molar-refractivity contribution in [1.29, 1.82) is 0 Å². The van der Waals surface area contributed by atoms with Crippen LogP contribution in [0.3, 0.4) is 0 Å². The highest BCUT2D eigenvalue weighted by molar-refractivity contribution is 7.79. The number of hydrogen-bond acceptors (Lipinski definition) is 6. The third kappa shape index (κ3) is 4.80. The standard InChI is InChI=1S/C35H36O6P2/c1-21-9-13-31-27(15-21)38-25-11-7-23(3)17-33(25)42(31,36)19-29-30(41-35(5,6)40-29)20-43(37)32-14-10-22(2)16-28(32)39-26-12-8-24(4)18-34(26)43/h7-18,29-30H,19-20H2,1-6H3/t29-,30-,42?,43?/m0/s1. The third-order valence-corrected chi connectivity index (χ3v) is 14.9. The molecule has 3 aliphatic rings. The predicted octanol–water partition coefficient (Wildman–Crippen LogP) is 6.98. The summed E-state index contributed by atoms with van der Waals surface area (Å²) in [5, 5.41) is 2.75. The molecule has 43 heavy (non-hydrogen) atoms. The topological polar surface area (TPSA) is 71.1 Å². The Balaban J connectivity index is 1.33. The summed E-state index contributed by atoms with van der Waals surface area (Å²) in [7, 11) is -6.50. The van der Waals surface area contributed by atoms with Crippen molar-refractivity contribution in [2.75, 3.05) is 12.3 Å². The fourth-order valence-electron chi connectivity index (χ4n) is 6.61. The second kappa shape index (κ2) is 9.94. The lowest BCUT2D eigenvalue weighted by Crippen LogP contribution is -2.38. The van der Waals surface area contributed by atoms with Gasteiger partial charge in [0, 0.05) is 12.3 Å². The maximum absolute atomic E-state index is 15.4. The van der Waals surface area contributed by atoms with Crippen LogP contribution >= 0.6 is 14.3 Å². The molecular weight excluding hydrogens is 578 g/mol. The monoisotopic (exact) mass is 614 g/mol. The van der Waals surface area contributed by atoms with Crippen molar-refractivity contribution < 1.29 is 28.1 Å². The molecule has 3 aliphatic heterocycles. The van der Waals surface area contributed by atoms with E-state index < -0.39 is 32.3 Å². The van der Waals surface area contributed by atoms with Gasteiger partial charge in [-0.15, -0.1) is 0 Å². The van der Waals surface area contributed by atoms with Crippen LogP contribution in [0.4, 0.5) is 0 Å². The van der Waals surface area contributed by atoms with Crippen LogP contribution in [0.1, 0.15) is 36.1 Å². The van der Waals surface area contributed by atoms with Gasteiger partial charge in [-0.3, -0.25) is 0 Å². The Labute approximate surface area is 253 Å². The van der Waals surface area contributed by atoms with Crippen LogP contribution < -0.4 is 30.7 Å². The molecule has 6 nitrogen and oxygen atoms in total. The Morgan fingerprint density at radius 2 is 0.907 bits per heavy atom. The van der Waals surface area contributed by atoms with Crippen LogP contribution in [0.25, 0.3) is 0 Å². The quantitative estimate of drug-likeness (QED) is 0.231. The molecule has 4 atom stereocenters. The van der Waals surface area contributed by atoms with Gasteiger partial charge in [0.25, 0.3) is 0 Å². The maximum Gasteiger partial charge on any atom is 0.163 e. The molecule has 0 aromatic heterocycles. The van der Waals surface area contributed by atoms with Gasteiger partial charge in [0.2, 0.25) is 0 Å². The van der Waals surface area contributed by atoms with E-state index in [2.05, 4.69) is 0 Å². The van der Waals surface area contributed by atoms with Crippen molar-refractivity contribution in [3.8, 4) is 23.0 Å². The molecule has 0 amide bonds. The van der Waals surface area contributed by atoms with Crippen molar-refractivity contribution in [3.05, 3.63) is 95.1 Å². The van der Waals surface area contributed by atoms with E-state index in [1.54, 1.807) is 0 Å². The lowest BCUT2D eigenvalue weighted by molar-refractivity contribution is -0.142. The Hall–Kier alpha value is -3.14. The van der Waals surface area contributed by atoms with Gasteiger partial charge in [-0.2, -0.15) is 0 Å². The highest BCUT2D eigenvalue weighted by Crippen LogP contribution is 2.58. The molecule has 0 bridgehead atoms. The second-order valence-corrected chi connectivity index (χ2v) is 18.3. The molecular formula is C35H36O6P2. The van der Waals surface area contributed by atoms with Crippen LogP contribution in [-0.2, 0) is 18.6 Å². The summed E-state index contributed by atoms with van der Waals surface area (Å²) < 4.78 is 56.4. The number of benzene rings is 4. The van der Waals surface area contributed by atoms with Crippen molar-refractivity contribution >= 4 is 35.5 Å². The van der Waals surface area contributed by atoms with E-state index in [0.29, 0.717) is 44.2 Å². The summed E-state index contributed by atoms with van der Waals surface area (Å²) in [6.07, 6.45) is -0.737. The van der Waals surface area contributed by atoms with Gasteiger partial charge in [-0.25, -0.2) is 0 Å². The molecule has 2 unspecified atom stereocenters. The van der Waals surface area contributed by atoms with Crippen molar-refractivity contribution in [1.82, 2.24) is 0 Å². The summed E-state index contributed by atoms with van der Waals surface area (Å²) in [5.41, 5.74) is 4.06. The van der Waals surface area contributed by atoms with E-state index in [9.17, 15) is 0 Å². The van der Waals surface area contributed by atoms with Gasteiger partial charge >= 0.3 is 0 Å². The number of rotatable bonds is 4. The number of aryl methyl sites for hydroxylation is 4. The molecule has 4 aromatic rings. The molecule has 8 heteroatoms. The highest BCUT2D eigenvalue weighted by Gasteiger charge is 2.51. The first-order chi connectivity index (χ1) is 20.3. The van der Waals surface area contributed by atoms with Gasteiger partial charge in [0.15, 0.2) is 20.1 Å². The molecule has 4 aromatic carbocycles. The summed E-state index contributed by atoms with van der Waals surface area (Å²) in [6, 6.07) is 23.3. The smallest absolute Gasteiger partial charge is 0.163 e. The molecule has 0 N–H and O–H groups in total. The molecule has 222 valence electrons. The fourth-order valence-corrected chi connectivity index (χ4v) is 12.9. The summed E-state index contributed by atoms with van der Waals surface area (Å²) in [6.45, 7) is 11.7. The molecule has 3 heterocycles. The van der Waals surface area contributed by atoms with Gasteiger partial charge in [0.05, 0.1) is 33.4 Å². The van der Waals surface area contributed by atoms with Crippen molar-refractivity contribution in [2.24, 2.45) is 0 Å².